The molecule has 2 saturated heterocycles. The number of rotatable bonds is 3. The van der Waals surface area contributed by atoms with Crippen molar-refractivity contribution in [1.82, 2.24) is 19.4 Å². The molecule has 3 rings (SSSR count). The molecule has 5 heteroatoms. The number of nitrogens with zero attached hydrogens (tertiary/aromatic N) is 4. The molecule has 0 radical (unpaired) electrons. The van der Waals surface area contributed by atoms with Crippen molar-refractivity contribution in [2.75, 3.05) is 26.2 Å². The molecule has 1 aromatic heterocycles. The summed E-state index contributed by atoms with van der Waals surface area (Å²) in [5, 5.41) is 0. The number of imidazole rings is 1. The SMILES string of the molecule is Cn1ccnc1C(=O)N1CCCC[C@H]1CN1CCCC1. The lowest BCUT2D eigenvalue weighted by atomic mass is 10.0. The smallest absolute Gasteiger partial charge is 0.290 e. The van der Waals surface area contributed by atoms with E-state index in [-0.39, 0.29) is 5.91 Å². The minimum absolute atomic E-state index is 0.0985. The van der Waals surface area contributed by atoms with Gasteiger partial charge in [0.25, 0.3) is 5.91 Å². The molecule has 3 heterocycles. The Bertz CT molecular complexity index is 464. The lowest BCUT2D eigenvalue weighted by Gasteiger charge is -2.37. The minimum Gasteiger partial charge on any atom is -0.332 e. The van der Waals surface area contributed by atoms with E-state index in [0.717, 1.165) is 25.9 Å². The lowest BCUT2D eigenvalue weighted by Crippen LogP contribution is -2.49. The van der Waals surface area contributed by atoms with E-state index < -0.39 is 0 Å². The third-order valence-electron chi connectivity index (χ3n) is 4.57. The Morgan fingerprint density at radius 1 is 1.25 bits per heavy atom. The molecule has 20 heavy (non-hydrogen) atoms. The summed E-state index contributed by atoms with van der Waals surface area (Å²) in [6.07, 6.45) is 9.64. The van der Waals surface area contributed by atoms with Gasteiger partial charge in [0, 0.05) is 38.6 Å². The van der Waals surface area contributed by atoms with Gasteiger partial charge < -0.3 is 14.4 Å². The van der Waals surface area contributed by atoms with Gasteiger partial charge in [-0.05, 0) is 45.2 Å². The van der Waals surface area contributed by atoms with Crippen LogP contribution in [-0.4, -0.2) is 57.5 Å². The zero-order chi connectivity index (χ0) is 13.9. The van der Waals surface area contributed by atoms with Crippen molar-refractivity contribution in [2.24, 2.45) is 7.05 Å². The number of amides is 1. The Kier molecular flexibility index (Phi) is 4.05. The van der Waals surface area contributed by atoms with Crippen LogP contribution in [0.15, 0.2) is 12.4 Å². The molecule has 0 aromatic carbocycles. The summed E-state index contributed by atoms with van der Waals surface area (Å²) < 4.78 is 1.82. The first-order valence-electron chi connectivity index (χ1n) is 7.76. The molecule has 1 amide bonds. The molecule has 0 bridgehead atoms. The number of hydrogen-bond donors (Lipinski definition) is 0. The molecule has 0 saturated carbocycles. The van der Waals surface area contributed by atoms with E-state index in [2.05, 4.69) is 14.8 Å². The standard InChI is InChI=1S/C15H24N4O/c1-17-11-7-16-14(17)15(20)19-10-3-2-6-13(19)12-18-8-4-5-9-18/h7,11,13H,2-6,8-10,12H2,1H3/t13-/m0/s1. The monoisotopic (exact) mass is 276 g/mol. The maximum atomic E-state index is 12.7. The molecule has 2 aliphatic heterocycles. The van der Waals surface area contributed by atoms with E-state index in [1.807, 2.05) is 17.8 Å². The minimum atomic E-state index is 0.0985. The molecule has 1 aromatic rings. The molecule has 0 unspecified atom stereocenters. The van der Waals surface area contributed by atoms with Gasteiger partial charge in [0.15, 0.2) is 5.82 Å². The van der Waals surface area contributed by atoms with Crippen molar-refractivity contribution in [3.63, 3.8) is 0 Å². The van der Waals surface area contributed by atoms with Crippen LogP contribution in [0.25, 0.3) is 0 Å². The van der Waals surface area contributed by atoms with Crippen molar-refractivity contribution in [1.29, 1.82) is 0 Å². The molecule has 0 aliphatic carbocycles. The summed E-state index contributed by atoms with van der Waals surface area (Å²) in [6.45, 7) is 4.31. The van der Waals surface area contributed by atoms with E-state index in [9.17, 15) is 4.79 Å². The van der Waals surface area contributed by atoms with Crippen molar-refractivity contribution in [3.05, 3.63) is 18.2 Å². The van der Waals surface area contributed by atoms with Crippen LogP contribution in [0.1, 0.15) is 42.7 Å². The van der Waals surface area contributed by atoms with Crippen LogP contribution in [0.5, 0.6) is 0 Å². The number of carbonyl (C=O) groups is 1. The van der Waals surface area contributed by atoms with E-state index in [4.69, 9.17) is 0 Å². The normalized spacial score (nSPS) is 24.2. The quantitative estimate of drug-likeness (QED) is 0.840. The fourth-order valence-corrected chi connectivity index (χ4v) is 3.42. The highest BCUT2D eigenvalue weighted by Gasteiger charge is 2.31. The summed E-state index contributed by atoms with van der Waals surface area (Å²) in [7, 11) is 1.89. The third kappa shape index (κ3) is 2.73. The number of carbonyl (C=O) groups excluding carboxylic acids is 1. The predicted molar refractivity (Wildman–Crippen MR) is 77.6 cm³/mol. The zero-order valence-corrected chi connectivity index (χ0v) is 12.3. The van der Waals surface area contributed by atoms with Gasteiger partial charge in [-0.15, -0.1) is 0 Å². The molecule has 0 N–H and O–H groups in total. The summed E-state index contributed by atoms with van der Waals surface area (Å²) in [4.78, 5) is 21.5. The Balaban J connectivity index is 1.71. The second kappa shape index (κ2) is 5.95. The highest BCUT2D eigenvalue weighted by atomic mass is 16.2. The Morgan fingerprint density at radius 3 is 2.70 bits per heavy atom. The number of likely N-dealkylation sites (tertiary alicyclic amines) is 2. The molecule has 110 valence electrons. The van der Waals surface area contributed by atoms with Crippen LogP contribution < -0.4 is 0 Å². The first kappa shape index (κ1) is 13.6. The average molecular weight is 276 g/mol. The van der Waals surface area contributed by atoms with Crippen molar-refractivity contribution in [2.45, 2.75) is 38.1 Å². The second-order valence-electron chi connectivity index (χ2n) is 6.02. The predicted octanol–water partition coefficient (Wildman–Crippen LogP) is 1.51. The Morgan fingerprint density at radius 2 is 2.00 bits per heavy atom. The average Bonchev–Trinajstić information content (AvgIpc) is 3.10. The fraction of sp³-hybridized carbons (Fsp3) is 0.733. The summed E-state index contributed by atoms with van der Waals surface area (Å²) in [6, 6.07) is 0.367. The van der Waals surface area contributed by atoms with Gasteiger partial charge in [0.2, 0.25) is 0 Å². The molecule has 2 aliphatic rings. The van der Waals surface area contributed by atoms with Crippen LogP contribution in [0.2, 0.25) is 0 Å². The summed E-state index contributed by atoms with van der Waals surface area (Å²) in [5.41, 5.74) is 0. The van der Waals surface area contributed by atoms with E-state index in [1.54, 1.807) is 6.20 Å². The summed E-state index contributed by atoms with van der Waals surface area (Å²) in [5.74, 6) is 0.666. The van der Waals surface area contributed by atoms with E-state index >= 15 is 0 Å². The highest BCUT2D eigenvalue weighted by molar-refractivity contribution is 5.91. The van der Waals surface area contributed by atoms with Crippen LogP contribution in [0.3, 0.4) is 0 Å². The Labute approximate surface area is 120 Å². The number of aromatic nitrogens is 2. The van der Waals surface area contributed by atoms with Crippen LogP contribution in [0.4, 0.5) is 0 Å². The maximum absolute atomic E-state index is 12.7. The van der Waals surface area contributed by atoms with Gasteiger partial charge in [0.1, 0.15) is 0 Å². The fourth-order valence-electron chi connectivity index (χ4n) is 3.42. The first-order chi connectivity index (χ1) is 9.75. The zero-order valence-electron chi connectivity index (χ0n) is 12.3. The van der Waals surface area contributed by atoms with Gasteiger partial charge in [-0.3, -0.25) is 4.79 Å². The van der Waals surface area contributed by atoms with Gasteiger partial charge >= 0.3 is 0 Å². The molecular formula is C15H24N4O. The first-order valence-corrected chi connectivity index (χ1v) is 7.76. The molecule has 0 spiro atoms. The number of piperidine rings is 1. The third-order valence-corrected chi connectivity index (χ3v) is 4.57. The van der Waals surface area contributed by atoms with Crippen molar-refractivity contribution < 1.29 is 4.79 Å². The lowest BCUT2D eigenvalue weighted by molar-refractivity contribution is 0.0544. The van der Waals surface area contributed by atoms with Crippen LogP contribution >= 0.6 is 0 Å². The van der Waals surface area contributed by atoms with Crippen molar-refractivity contribution >= 4 is 5.91 Å². The molecule has 2 fully saturated rings. The van der Waals surface area contributed by atoms with Gasteiger partial charge in [-0.1, -0.05) is 0 Å². The van der Waals surface area contributed by atoms with Crippen LogP contribution in [0, 0.1) is 0 Å². The largest absolute Gasteiger partial charge is 0.332 e. The van der Waals surface area contributed by atoms with Gasteiger partial charge in [-0.2, -0.15) is 0 Å². The topological polar surface area (TPSA) is 41.4 Å². The Hall–Kier alpha value is -1.36. The number of aryl methyl sites for hydroxylation is 1. The number of hydrogen-bond acceptors (Lipinski definition) is 3. The summed E-state index contributed by atoms with van der Waals surface area (Å²) >= 11 is 0. The highest BCUT2D eigenvalue weighted by Crippen LogP contribution is 2.21. The van der Waals surface area contributed by atoms with Crippen molar-refractivity contribution in [3.8, 4) is 0 Å². The van der Waals surface area contributed by atoms with Gasteiger partial charge in [0.05, 0.1) is 0 Å². The molecule has 5 nitrogen and oxygen atoms in total. The molecule has 1 atom stereocenters. The van der Waals surface area contributed by atoms with Crippen LogP contribution in [-0.2, 0) is 7.05 Å². The van der Waals surface area contributed by atoms with E-state index in [0.29, 0.717) is 11.9 Å². The van der Waals surface area contributed by atoms with E-state index in [1.165, 1.54) is 32.4 Å². The maximum Gasteiger partial charge on any atom is 0.290 e. The second-order valence-corrected chi connectivity index (χ2v) is 6.02. The molecular weight excluding hydrogens is 252 g/mol. The van der Waals surface area contributed by atoms with Gasteiger partial charge in [-0.25, -0.2) is 4.98 Å².